The number of carbonyl (C=O) groups excluding carboxylic acids is 3. The van der Waals surface area contributed by atoms with Crippen LogP contribution in [-0.2, 0) is 14.4 Å². The number of guanidine groups is 1. The lowest BCUT2D eigenvalue weighted by Crippen LogP contribution is -2.45. The molecule has 11 nitrogen and oxygen atoms in total. The monoisotopic (exact) mass is 507 g/mol. The number of carbonyl (C=O) groups is 3. The molecule has 2 saturated heterocycles. The van der Waals surface area contributed by atoms with Crippen LogP contribution in [0.15, 0.2) is 33.7 Å². The molecule has 1 unspecified atom stereocenters. The van der Waals surface area contributed by atoms with E-state index >= 15 is 0 Å². The molecule has 37 heavy (non-hydrogen) atoms. The van der Waals surface area contributed by atoms with Crippen molar-refractivity contribution in [2.45, 2.75) is 51.5 Å². The molecule has 2 aromatic rings. The molecule has 2 aliphatic heterocycles. The number of aryl methyl sites for hydroxylation is 1. The minimum Gasteiger partial charge on any atom is -0.461 e. The number of hydrogen-bond donors (Lipinski definition) is 3. The second-order valence-electron chi connectivity index (χ2n) is 9.41. The van der Waals surface area contributed by atoms with Crippen LogP contribution in [0.3, 0.4) is 0 Å². The predicted octanol–water partition coefficient (Wildman–Crippen LogP) is 2.09. The molecule has 1 aromatic heterocycles. The second-order valence-corrected chi connectivity index (χ2v) is 9.41. The van der Waals surface area contributed by atoms with E-state index in [1.54, 1.807) is 0 Å². The summed E-state index contributed by atoms with van der Waals surface area (Å²) in [5.41, 5.74) is 1.45. The fourth-order valence-corrected chi connectivity index (χ4v) is 4.72. The number of furan rings is 1. The smallest absolute Gasteiger partial charge is 0.247 e. The number of nitriles is 1. The average Bonchev–Trinajstić information content (AvgIpc) is 3.41. The third-order valence-corrected chi connectivity index (χ3v) is 6.55. The van der Waals surface area contributed by atoms with E-state index in [0.29, 0.717) is 44.6 Å². The van der Waals surface area contributed by atoms with E-state index in [9.17, 15) is 19.6 Å². The fourth-order valence-electron chi connectivity index (χ4n) is 4.72. The zero-order chi connectivity index (χ0) is 26.2. The first-order valence-corrected chi connectivity index (χ1v) is 12.8. The summed E-state index contributed by atoms with van der Waals surface area (Å²) in [5, 5.41) is 18.6. The van der Waals surface area contributed by atoms with Crippen LogP contribution in [0.5, 0.6) is 0 Å². The summed E-state index contributed by atoms with van der Waals surface area (Å²) in [7, 11) is 0. The molecule has 3 heterocycles. The van der Waals surface area contributed by atoms with Gasteiger partial charge in [0.25, 0.3) is 0 Å². The molecule has 2 aliphatic rings. The van der Waals surface area contributed by atoms with Crippen LogP contribution in [0.4, 0.5) is 5.69 Å². The Morgan fingerprint density at radius 3 is 2.81 bits per heavy atom. The molecular weight excluding hydrogens is 474 g/mol. The molecule has 3 N–H and O–H groups in total. The van der Waals surface area contributed by atoms with Crippen molar-refractivity contribution >= 4 is 40.3 Å². The summed E-state index contributed by atoms with van der Waals surface area (Å²) in [6.07, 6.45) is 6.12. The van der Waals surface area contributed by atoms with E-state index in [1.165, 1.54) is 4.90 Å². The molecule has 2 fully saturated rings. The van der Waals surface area contributed by atoms with Crippen LogP contribution < -0.4 is 16.0 Å². The van der Waals surface area contributed by atoms with Gasteiger partial charge in [-0.1, -0.05) is 0 Å². The Morgan fingerprint density at radius 2 is 2.03 bits per heavy atom. The highest BCUT2D eigenvalue weighted by Gasteiger charge is 2.28. The highest BCUT2D eigenvalue weighted by Crippen LogP contribution is 2.23. The van der Waals surface area contributed by atoms with Crippen molar-refractivity contribution in [1.82, 2.24) is 20.4 Å². The summed E-state index contributed by atoms with van der Waals surface area (Å²) < 4.78 is 5.60. The molecule has 196 valence electrons. The van der Waals surface area contributed by atoms with Crippen molar-refractivity contribution < 1.29 is 18.8 Å². The lowest BCUT2D eigenvalue weighted by molar-refractivity contribution is -0.136. The molecule has 4 rings (SSSR count). The highest BCUT2D eigenvalue weighted by atomic mass is 16.3. The number of amides is 3. The van der Waals surface area contributed by atoms with Crippen LogP contribution in [-0.4, -0.2) is 72.2 Å². The number of hydrogen-bond acceptors (Lipinski definition) is 6. The fraction of sp³-hybridized carbons (Fsp3) is 0.500. The Morgan fingerprint density at radius 1 is 1.19 bits per heavy atom. The number of anilines is 1. The maximum absolute atomic E-state index is 13.2. The van der Waals surface area contributed by atoms with E-state index in [0.717, 1.165) is 42.5 Å². The molecule has 3 amide bonds. The van der Waals surface area contributed by atoms with Gasteiger partial charge in [0.15, 0.2) is 6.19 Å². The van der Waals surface area contributed by atoms with Gasteiger partial charge in [0.05, 0.1) is 6.54 Å². The van der Waals surface area contributed by atoms with Gasteiger partial charge in [0.1, 0.15) is 17.4 Å². The second kappa shape index (κ2) is 12.3. The van der Waals surface area contributed by atoms with Crippen LogP contribution in [0.2, 0.25) is 0 Å². The van der Waals surface area contributed by atoms with Gasteiger partial charge in [0, 0.05) is 43.7 Å². The van der Waals surface area contributed by atoms with Crippen molar-refractivity contribution in [1.29, 1.82) is 5.26 Å². The summed E-state index contributed by atoms with van der Waals surface area (Å²) in [5.74, 6) is 0.664. The van der Waals surface area contributed by atoms with Gasteiger partial charge in [-0.15, -0.1) is 0 Å². The van der Waals surface area contributed by atoms with Gasteiger partial charge in [0.2, 0.25) is 23.7 Å². The maximum Gasteiger partial charge on any atom is 0.247 e. The van der Waals surface area contributed by atoms with Gasteiger partial charge in [-0.25, -0.2) is 4.99 Å². The number of aliphatic imine (C=N–C) groups is 1. The topological polar surface area (TPSA) is 143 Å². The predicted molar refractivity (Wildman–Crippen MR) is 138 cm³/mol. The molecule has 0 aliphatic carbocycles. The zero-order valence-corrected chi connectivity index (χ0v) is 21.1. The summed E-state index contributed by atoms with van der Waals surface area (Å²) in [4.78, 5) is 45.3. The van der Waals surface area contributed by atoms with Gasteiger partial charge >= 0.3 is 0 Å². The minimum atomic E-state index is -0.709. The highest BCUT2D eigenvalue weighted by molar-refractivity contribution is 5.98. The number of rotatable bonds is 8. The molecule has 1 atom stereocenters. The van der Waals surface area contributed by atoms with Crippen molar-refractivity contribution in [3.05, 3.63) is 30.0 Å². The van der Waals surface area contributed by atoms with Gasteiger partial charge in [-0.3, -0.25) is 19.7 Å². The lowest BCUT2D eigenvalue weighted by atomic mass is 10.1. The molecule has 0 saturated carbocycles. The van der Waals surface area contributed by atoms with Gasteiger partial charge in [-0.05, 0) is 63.3 Å². The van der Waals surface area contributed by atoms with Crippen molar-refractivity contribution in [3.63, 3.8) is 0 Å². The Bertz CT molecular complexity index is 1220. The number of benzene rings is 1. The third-order valence-electron chi connectivity index (χ3n) is 6.55. The zero-order valence-electron chi connectivity index (χ0n) is 21.1. The number of nitrogens with one attached hydrogen (secondary N) is 3. The van der Waals surface area contributed by atoms with E-state index in [1.807, 2.05) is 42.3 Å². The summed E-state index contributed by atoms with van der Waals surface area (Å²) in [6.45, 7) is 4.17. The van der Waals surface area contributed by atoms with Crippen LogP contribution in [0.1, 0.15) is 44.3 Å². The van der Waals surface area contributed by atoms with Gasteiger partial charge < -0.3 is 24.9 Å². The van der Waals surface area contributed by atoms with E-state index in [4.69, 9.17) is 4.42 Å². The quantitative estimate of drug-likeness (QED) is 0.163. The maximum atomic E-state index is 13.2. The first-order valence-electron chi connectivity index (χ1n) is 12.8. The van der Waals surface area contributed by atoms with Crippen LogP contribution in [0, 0.1) is 18.4 Å². The van der Waals surface area contributed by atoms with E-state index in [-0.39, 0.29) is 30.2 Å². The molecular formula is C26H33N7O4. The van der Waals surface area contributed by atoms with Crippen LogP contribution >= 0.6 is 0 Å². The van der Waals surface area contributed by atoms with Crippen LogP contribution in [0.25, 0.3) is 11.0 Å². The summed E-state index contributed by atoms with van der Waals surface area (Å²) >= 11 is 0. The van der Waals surface area contributed by atoms with E-state index < -0.39 is 6.04 Å². The first kappa shape index (κ1) is 26.0. The normalized spacial score (nSPS) is 18.6. The lowest BCUT2D eigenvalue weighted by Gasteiger charge is -2.23. The SMILES string of the molecule is Cc1cc2cc(NC(=NC3CCCCN(CC(=O)NCCCN4CCCC4=O)C3=O)NC#N)ccc2o1. The Labute approximate surface area is 215 Å². The standard InChI is InChI=1S/C26H33N7O4/c1-18-14-19-15-20(8-9-22(19)37-18)30-26(29-17-27)31-21-6-2-3-11-33(25(21)36)16-23(34)28-10-5-13-32-12-4-7-24(32)35/h8-9,14-15,21H,2-7,10-13,16H2,1H3,(H,28,34)(H2,29,30,31). The largest absolute Gasteiger partial charge is 0.461 e. The van der Waals surface area contributed by atoms with Crippen molar-refractivity contribution in [2.75, 3.05) is 38.0 Å². The third kappa shape index (κ3) is 7.00. The average molecular weight is 508 g/mol. The molecule has 0 radical (unpaired) electrons. The molecule has 0 bridgehead atoms. The van der Waals surface area contributed by atoms with Crippen molar-refractivity contribution in [2.24, 2.45) is 4.99 Å². The number of nitrogens with zero attached hydrogens (tertiary/aromatic N) is 4. The Kier molecular flexibility index (Phi) is 8.61. The minimum absolute atomic E-state index is 0.0432. The van der Waals surface area contributed by atoms with Crippen molar-refractivity contribution in [3.8, 4) is 6.19 Å². The first-order chi connectivity index (χ1) is 17.9. The summed E-state index contributed by atoms with van der Waals surface area (Å²) in [6, 6.07) is 6.73. The number of fused-ring (bicyclic) bond motifs is 1. The molecule has 1 aromatic carbocycles. The molecule has 11 heteroatoms. The van der Waals surface area contributed by atoms with E-state index in [2.05, 4.69) is 20.9 Å². The Hall–Kier alpha value is -4.07. The number of likely N-dealkylation sites (tertiary alicyclic amines) is 2. The Balaban J connectivity index is 1.34. The molecule has 0 spiro atoms. The van der Waals surface area contributed by atoms with Gasteiger partial charge in [-0.2, -0.15) is 5.26 Å².